The molecule has 0 bridgehead atoms. The summed E-state index contributed by atoms with van der Waals surface area (Å²) in [5.41, 5.74) is 10.5. The van der Waals surface area contributed by atoms with Gasteiger partial charge in [-0.05, 0) is 36.2 Å². The van der Waals surface area contributed by atoms with Crippen molar-refractivity contribution >= 4 is 17.3 Å². The number of fused-ring (bicyclic) bond motifs is 1. The number of primary amides is 1. The maximum atomic E-state index is 11.2. The summed E-state index contributed by atoms with van der Waals surface area (Å²) in [6.45, 7) is 3.66. The predicted octanol–water partition coefficient (Wildman–Crippen LogP) is 2.48. The number of para-hydroxylation sites is 1. The van der Waals surface area contributed by atoms with Crippen molar-refractivity contribution in [3.8, 4) is 0 Å². The van der Waals surface area contributed by atoms with E-state index in [9.17, 15) is 4.79 Å². The van der Waals surface area contributed by atoms with Gasteiger partial charge < -0.3 is 16.0 Å². The molecule has 20 heavy (non-hydrogen) atoms. The van der Waals surface area contributed by atoms with Crippen molar-refractivity contribution in [2.45, 2.75) is 13.5 Å². The number of hydrogen-bond donors (Lipinski definition) is 2. The Morgan fingerprint density at radius 1 is 1.25 bits per heavy atom. The van der Waals surface area contributed by atoms with Crippen LogP contribution in [-0.2, 0) is 6.54 Å². The topological polar surface area (TPSA) is 58.4 Å². The van der Waals surface area contributed by atoms with Gasteiger partial charge in [0.15, 0.2) is 0 Å². The fourth-order valence-electron chi connectivity index (χ4n) is 2.56. The van der Waals surface area contributed by atoms with Gasteiger partial charge in [0.05, 0.1) is 6.67 Å². The van der Waals surface area contributed by atoms with Crippen molar-refractivity contribution in [3.63, 3.8) is 0 Å². The lowest BCUT2D eigenvalue weighted by Crippen LogP contribution is -2.34. The van der Waals surface area contributed by atoms with E-state index in [-0.39, 0.29) is 0 Å². The Kier molecular flexibility index (Phi) is 3.06. The fourth-order valence-corrected chi connectivity index (χ4v) is 2.56. The van der Waals surface area contributed by atoms with E-state index in [0.717, 1.165) is 18.9 Å². The summed E-state index contributed by atoms with van der Waals surface area (Å²) in [5.74, 6) is -0.393. The van der Waals surface area contributed by atoms with E-state index in [0.29, 0.717) is 5.56 Å². The number of carbonyl (C=O) groups excluding carboxylic acids is 1. The Hall–Kier alpha value is -2.49. The molecular weight excluding hydrogens is 250 g/mol. The van der Waals surface area contributed by atoms with Gasteiger partial charge in [0, 0.05) is 23.5 Å². The molecule has 0 aromatic heterocycles. The van der Waals surface area contributed by atoms with E-state index in [2.05, 4.69) is 29.3 Å². The molecule has 0 fully saturated rings. The van der Waals surface area contributed by atoms with Crippen LogP contribution in [0, 0.1) is 6.92 Å². The largest absolute Gasteiger partial charge is 0.367 e. The highest BCUT2D eigenvalue weighted by Crippen LogP contribution is 2.28. The monoisotopic (exact) mass is 267 g/mol. The van der Waals surface area contributed by atoms with Gasteiger partial charge >= 0.3 is 0 Å². The molecule has 0 atom stereocenters. The van der Waals surface area contributed by atoms with Gasteiger partial charge in [-0.2, -0.15) is 0 Å². The third-order valence-corrected chi connectivity index (χ3v) is 3.67. The highest BCUT2D eigenvalue weighted by atomic mass is 16.1. The molecule has 102 valence electrons. The molecule has 1 amide bonds. The standard InChI is InChI=1S/C16H17N3O/c1-11-4-2-3-5-15(11)19-9-13-7-6-12(16(17)20)8-14(13)18-10-19/h2-8,18H,9-10H2,1H3,(H2,17,20). The van der Waals surface area contributed by atoms with E-state index in [1.807, 2.05) is 24.3 Å². The number of hydrogen-bond acceptors (Lipinski definition) is 3. The van der Waals surface area contributed by atoms with E-state index in [1.165, 1.54) is 16.8 Å². The number of rotatable bonds is 2. The zero-order chi connectivity index (χ0) is 14.1. The first-order valence-electron chi connectivity index (χ1n) is 6.62. The van der Waals surface area contributed by atoms with Crippen LogP contribution in [0.1, 0.15) is 21.5 Å². The second-order valence-corrected chi connectivity index (χ2v) is 5.06. The summed E-state index contributed by atoms with van der Waals surface area (Å²) in [7, 11) is 0. The summed E-state index contributed by atoms with van der Waals surface area (Å²) >= 11 is 0. The molecule has 4 nitrogen and oxygen atoms in total. The molecule has 1 heterocycles. The van der Waals surface area contributed by atoms with Gasteiger partial charge in [0.25, 0.3) is 0 Å². The van der Waals surface area contributed by atoms with E-state index in [1.54, 1.807) is 6.07 Å². The first kappa shape index (κ1) is 12.5. The normalized spacial score (nSPS) is 13.6. The molecule has 3 N–H and O–H groups in total. The van der Waals surface area contributed by atoms with Crippen LogP contribution in [0.2, 0.25) is 0 Å². The molecule has 1 aliphatic heterocycles. The van der Waals surface area contributed by atoms with E-state index < -0.39 is 5.91 Å². The van der Waals surface area contributed by atoms with Crippen LogP contribution in [0.5, 0.6) is 0 Å². The summed E-state index contributed by atoms with van der Waals surface area (Å²) in [6, 6.07) is 13.9. The highest BCUT2D eigenvalue weighted by molar-refractivity contribution is 5.94. The molecule has 2 aromatic carbocycles. The summed E-state index contributed by atoms with van der Waals surface area (Å²) < 4.78 is 0. The van der Waals surface area contributed by atoms with Crippen molar-refractivity contribution in [1.29, 1.82) is 0 Å². The van der Waals surface area contributed by atoms with Crippen LogP contribution in [0.4, 0.5) is 11.4 Å². The fraction of sp³-hybridized carbons (Fsp3) is 0.188. The minimum Gasteiger partial charge on any atom is -0.367 e. The molecule has 3 rings (SSSR count). The van der Waals surface area contributed by atoms with E-state index in [4.69, 9.17) is 5.73 Å². The quantitative estimate of drug-likeness (QED) is 0.879. The van der Waals surface area contributed by atoms with Crippen molar-refractivity contribution in [1.82, 2.24) is 0 Å². The smallest absolute Gasteiger partial charge is 0.248 e. The first-order valence-corrected chi connectivity index (χ1v) is 6.62. The van der Waals surface area contributed by atoms with Crippen LogP contribution in [0.15, 0.2) is 42.5 Å². The van der Waals surface area contributed by atoms with Crippen LogP contribution in [0.25, 0.3) is 0 Å². The summed E-state index contributed by atoms with van der Waals surface area (Å²) in [4.78, 5) is 13.5. The number of anilines is 2. The van der Waals surface area contributed by atoms with Crippen LogP contribution >= 0.6 is 0 Å². The molecule has 0 saturated heterocycles. The lowest BCUT2D eigenvalue weighted by molar-refractivity contribution is 0.100. The number of carbonyl (C=O) groups is 1. The average Bonchev–Trinajstić information content (AvgIpc) is 2.46. The zero-order valence-electron chi connectivity index (χ0n) is 11.4. The number of amides is 1. The van der Waals surface area contributed by atoms with Gasteiger partial charge in [-0.15, -0.1) is 0 Å². The molecule has 0 radical (unpaired) electrons. The maximum Gasteiger partial charge on any atom is 0.248 e. The number of aryl methyl sites for hydroxylation is 1. The number of nitrogens with one attached hydrogen (secondary N) is 1. The molecule has 0 spiro atoms. The average molecular weight is 267 g/mol. The molecule has 1 aliphatic rings. The lowest BCUT2D eigenvalue weighted by atomic mass is 10.1. The van der Waals surface area contributed by atoms with Crippen molar-refractivity contribution in [3.05, 3.63) is 59.2 Å². The van der Waals surface area contributed by atoms with Crippen molar-refractivity contribution < 1.29 is 4.79 Å². The summed E-state index contributed by atoms with van der Waals surface area (Å²) in [5, 5.41) is 3.35. The Labute approximate surface area is 118 Å². The lowest BCUT2D eigenvalue weighted by Gasteiger charge is -2.33. The molecule has 0 saturated carbocycles. The Morgan fingerprint density at radius 3 is 2.80 bits per heavy atom. The number of benzene rings is 2. The first-order chi connectivity index (χ1) is 9.65. The minimum atomic E-state index is -0.393. The van der Waals surface area contributed by atoms with Gasteiger partial charge in [0.2, 0.25) is 5.91 Å². The van der Waals surface area contributed by atoms with E-state index >= 15 is 0 Å². The molecular formula is C16H17N3O. The van der Waals surface area contributed by atoms with Crippen LogP contribution < -0.4 is 16.0 Å². The summed E-state index contributed by atoms with van der Waals surface area (Å²) in [6.07, 6.45) is 0. The Balaban J connectivity index is 1.90. The predicted molar refractivity (Wildman–Crippen MR) is 80.8 cm³/mol. The van der Waals surface area contributed by atoms with Gasteiger partial charge in [-0.1, -0.05) is 24.3 Å². The number of nitrogens with two attached hydrogens (primary N) is 1. The SMILES string of the molecule is Cc1ccccc1N1CNc2cc(C(N)=O)ccc2C1. The van der Waals surface area contributed by atoms with Crippen LogP contribution in [0.3, 0.4) is 0 Å². The van der Waals surface area contributed by atoms with Crippen molar-refractivity contribution in [2.24, 2.45) is 5.73 Å². The molecule has 0 unspecified atom stereocenters. The molecule has 4 heteroatoms. The Bertz CT molecular complexity index is 667. The highest BCUT2D eigenvalue weighted by Gasteiger charge is 2.18. The molecule has 0 aliphatic carbocycles. The third-order valence-electron chi connectivity index (χ3n) is 3.67. The van der Waals surface area contributed by atoms with Gasteiger partial charge in [-0.3, -0.25) is 4.79 Å². The second kappa shape index (κ2) is 4.89. The molecule has 2 aromatic rings. The minimum absolute atomic E-state index is 0.393. The third kappa shape index (κ3) is 2.20. The van der Waals surface area contributed by atoms with Crippen molar-refractivity contribution in [2.75, 3.05) is 16.9 Å². The van der Waals surface area contributed by atoms with Crippen LogP contribution in [-0.4, -0.2) is 12.6 Å². The second-order valence-electron chi connectivity index (χ2n) is 5.06. The Morgan fingerprint density at radius 2 is 2.05 bits per heavy atom. The maximum absolute atomic E-state index is 11.2. The number of nitrogens with zero attached hydrogens (tertiary/aromatic N) is 1. The van der Waals surface area contributed by atoms with Gasteiger partial charge in [0.1, 0.15) is 0 Å². The van der Waals surface area contributed by atoms with Gasteiger partial charge in [-0.25, -0.2) is 0 Å². The zero-order valence-corrected chi connectivity index (χ0v) is 11.4.